The monoisotopic (exact) mass is 279 g/mol. The molecule has 2 aromatic heterocycles. The second-order valence-corrected chi connectivity index (χ2v) is 4.42. The van der Waals surface area contributed by atoms with Crippen LogP contribution in [0.1, 0.15) is 10.5 Å². The number of anilines is 1. The fourth-order valence-electron chi connectivity index (χ4n) is 2.06. The summed E-state index contributed by atoms with van der Waals surface area (Å²) in [6.45, 7) is 0. The number of hydrogen-bond donors (Lipinski definition) is 1. The lowest BCUT2D eigenvalue weighted by Crippen LogP contribution is -2.13. The minimum atomic E-state index is -0.282. The number of methoxy groups -OCH3 is 1. The summed E-state index contributed by atoms with van der Waals surface area (Å²) >= 11 is 0. The molecular formula is C16H13N3O2. The van der Waals surface area contributed by atoms with Gasteiger partial charge in [-0.2, -0.15) is 0 Å². The van der Waals surface area contributed by atoms with Crippen molar-refractivity contribution in [3.05, 3.63) is 60.6 Å². The predicted molar refractivity (Wildman–Crippen MR) is 80.5 cm³/mol. The highest BCUT2D eigenvalue weighted by molar-refractivity contribution is 6.07. The minimum Gasteiger partial charge on any atom is -0.497 e. The van der Waals surface area contributed by atoms with Crippen molar-refractivity contribution in [3.63, 3.8) is 0 Å². The van der Waals surface area contributed by atoms with Crippen molar-refractivity contribution in [3.8, 4) is 5.75 Å². The van der Waals surface area contributed by atoms with Crippen molar-refractivity contribution in [1.29, 1.82) is 0 Å². The molecule has 1 amide bonds. The molecular weight excluding hydrogens is 266 g/mol. The molecule has 0 aliphatic heterocycles. The molecule has 5 heteroatoms. The number of hydrogen-bond acceptors (Lipinski definition) is 4. The number of ether oxygens (including phenoxy) is 1. The van der Waals surface area contributed by atoms with Gasteiger partial charge in [0, 0.05) is 23.8 Å². The summed E-state index contributed by atoms with van der Waals surface area (Å²) in [5, 5.41) is 3.73. The van der Waals surface area contributed by atoms with Gasteiger partial charge in [0.1, 0.15) is 11.4 Å². The zero-order chi connectivity index (χ0) is 14.7. The molecule has 104 valence electrons. The van der Waals surface area contributed by atoms with Crippen LogP contribution in [0.15, 0.2) is 54.9 Å². The maximum atomic E-state index is 12.2. The van der Waals surface area contributed by atoms with Crippen molar-refractivity contribution in [2.45, 2.75) is 0 Å². The number of pyridine rings is 2. The number of amides is 1. The highest BCUT2D eigenvalue weighted by atomic mass is 16.5. The first-order chi connectivity index (χ1) is 10.3. The summed E-state index contributed by atoms with van der Waals surface area (Å²) in [6.07, 6.45) is 3.27. The van der Waals surface area contributed by atoms with Gasteiger partial charge in [-0.05, 0) is 24.3 Å². The lowest BCUT2D eigenvalue weighted by Gasteiger charge is -2.10. The second-order valence-electron chi connectivity index (χ2n) is 4.42. The van der Waals surface area contributed by atoms with Crippen LogP contribution in [0.4, 0.5) is 5.69 Å². The molecule has 0 atom stereocenters. The standard InChI is InChI=1S/C16H13N3O2/c1-21-12-9-11-5-4-8-18-15(11)14(10-12)19-16(20)13-6-2-3-7-17-13/h2-10H,1H3,(H,19,20). The van der Waals surface area contributed by atoms with Gasteiger partial charge < -0.3 is 10.1 Å². The lowest BCUT2D eigenvalue weighted by molar-refractivity contribution is 0.102. The van der Waals surface area contributed by atoms with Crippen LogP contribution in [0.5, 0.6) is 5.75 Å². The van der Waals surface area contributed by atoms with Crippen LogP contribution in [0.3, 0.4) is 0 Å². The Hall–Kier alpha value is -2.95. The van der Waals surface area contributed by atoms with Crippen molar-refractivity contribution in [2.24, 2.45) is 0 Å². The van der Waals surface area contributed by atoms with Crippen molar-refractivity contribution in [1.82, 2.24) is 9.97 Å². The minimum absolute atomic E-state index is 0.282. The number of fused-ring (bicyclic) bond motifs is 1. The molecule has 0 aliphatic rings. The quantitative estimate of drug-likeness (QED) is 0.800. The van der Waals surface area contributed by atoms with E-state index >= 15 is 0 Å². The Bertz CT molecular complexity index is 788. The largest absolute Gasteiger partial charge is 0.497 e. The Kier molecular flexibility index (Phi) is 3.47. The van der Waals surface area contributed by atoms with Crippen LogP contribution < -0.4 is 10.1 Å². The van der Waals surface area contributed by atoms with E-state index in [1.807, 2.05) is 18.2 Å². The van der Waals surface area contributed by atoms with Crippen LogP contribution in [0.25, 0.3) is 10.9 Å². The van der Waals surface area contributed by atoms with E-state index in [2.05, 4.69) is 15.3 Å². The number of nitrogens with one attached hydrogen (secondary N) is 1. The van der Waals surface area contributed by atoms with Crippen LogP contribution in [-0.4, -0.2) is 23.0 Å². The summed E-state index contributed by atoms with van der Waals surface area (Å²) in [5.74, 6) is 0.377. The first kappa shape index (κ1) is 13.1. The highest BCUT2D eigenvalue weighted by Crippen LogP contribution is 2.27. The lowest BCUT2D eigenvalue weighted by atomic mass is 10.1. The van der Waals surface area contributed by atoms with Gasteiger partial charge in [-0.25, -0.2) is 0 Å². The number of carbonyl (C=O) groups excluding carboxylic acids is 1. The van der Waals surface area contributed by atoms with Gasteiger partial charge in [0.05, 0.1) is 18.3 Å². The molecule has 0 bridgehead atoms. The van der Waals surface area contributed by atoms with Gasteiger partial charge in [0.15, 0.2) is 0 Å². The van der Waals surface area contributed by atoms with E-state index in [-0.39, 0.29) is 5.91 Å². The second kappa shape index (κ2) is 5.58. The maximum absolute atomic E-state index is 12.2. The molecule has 21 heavy (non-hydrogen) atoms. The zero-order valence-electron chi connectivity index (χ0n) is 11.4. The van der Waals surface area contributed by atoms with Gasteiger partial charge in [-0.3, -0.25) is 14.8 Å². The van der Waals surface area contributed by atoms with Gasteiger partial charge in [-0.1, -0.05) is 12.1 Å². The number of carbonyl (C=O) groups is 1. The normalized spacial score (nSPS) is 10.3. The Morgan fingerprint density at radius 2 is 1.95 bits per heavy atom. The number of rotatable bonds is 3. The summed E-state index contributed by atoms with van der Waals surface area (Å²) in [6, 6.07) is 12.6. The molecule has 0 saturated heterocycles. The summed E-state index contributed by atoms with van der Waals surface area (Å²) in [4.78, 5) is 20.6. The number of nitrogens with zero attached hydrogens (tertiary/aromatic N) is 2. The molecule has 0 fully saturated rings. The smallest absolute Gasteiger partial charge is 0.274 e. The number of benzene rings is 1. The summed E-state index contributed by atoms with van der Waals surface area (Å²) < 4.78 is 5.26. The molecule has 0 unspecified atom stereocenters. The average Bonchev–Trinajstić information content (AvgIpc) is 2.55. The third-order valence-corrected chi connectivity index (χ3v) is 3.06. The summed E-state index contributed by atoms with van der Waals surface area (Å²) in [7, 11) is 1.59. The van der Waals surface area contributed by atoms with E-state index in [9.17, 15) is 4.79 Å². The first-order valence-electron chi connectivity index (χ1n) is 6.43. The van der Waals surface area contributed by atoms with Crippen molar-refractivity contribution < 1.29 is 9.53 Å². The fourth-order valence-corrected chi connectivity index (χ4v) is 2.06. The molecule has 0 radical (unpaired) electrons. The van der Waals surface area contributed by atoms with Crippen molar-refractivity contribution in [2.75, 3.05) is 12.4 Å². The van der Waals surface area contributed by atoms with E-state index in [1.165, 1.54) is 0 Å². The zero-order valence-corrected chi connectivity index (χ0v) is 11.4. The van der Waals surface area contributed by atoms with Gasteiger partial charge in [0.2, 0.25) is 0 Å². The van der Waals surface area contributed by atoms with E-state index in [1.54, 1.807) is 43.8 Å². The third-order valence-electron chi connectivity index (χ3n) is 3.06. The molecule has 0 aliphatic carbocycles. The van der Waals surface area contributed by atoms with Gasteiger partial charge in [-0.15, -0.1) is 0 Å². The van der Waals surface area contributed by atoms with Crippen LogP contribution in [0.2, 0.25) is 0 Å². The molecule has 1 aromatic carbocycles. The topological polar surface area (TPSA) is 64.1 Å². The van der Waals surface area contributed by atoms with Crippen molar-refractivity contribution >= 4 is 22.5 Å². The van der Waals surface area contributed by atoms with E-state index in [4.69, 9.17) is 4.74 Å². The van der Waals surface area contributed by atoms with Crippen LogP contribution in [0, 0.1) is 0 Å². The molecule has 5 nitrogen and oxygen atoms in total. The van der Waals surface area contributed by atoms with Crippen LogP contribution in [-0.2, 0) is 0 Å². The van der Waals surface area contributed by atoms with E-state index < -0.39 is 0 Å². The van der Waals surface area contributed by atoms with Crippen LogP contribution >= 0.6 is 0 Å². The Labute approximate surface area is 121 Å². The van der Waals surface area contributed by atoms with E-state index in [0.29, 0.717) is 22.6 Å². The van der Waals surface area contributed by atoms with E-state index in [0.717, 1.165) is 5.39 Å². The molecule has 3 aromatic rings. The summed E-state index contributed by atoms with van der Waals surface area (Å²) in [5.41, 5.74) is 1.66. The maximum Gasteiger partial charge on any atom is 0.274 e. The first-order valence-corrected chi connectivity index (χ1v) is 6.43. The molecule has 2 heterocycles. The Balaban J connectivity index is 2.02. The average molecular weight is 279 g/mol. The molecule has 3 rings (SSSR count). The molecule has 1 N–H and O–H groups in total. The fraction of sp³-hybridized carbons (Fsp3) is 0.0625. The Morgan fingerprint density at radius 1 is 1.10 bits per heavy atom. The molecule has 0 spiro atoms. The van der Waals surface area contributed by atoms with Gasteiger partial charge in [0.25, 0.3) is 5.91 Å². The Morgan fingerprint density at radius 3 is 2.71 bits per heavy atom. The highest BCUT2D eigenvalue weighted by Gasteiger charge is 2.11. The third kappa shape index (κ3) is 2.67. The predicted octanol–water partition coefficient (Wildman–Crippen LogP) is 2.89. The number of aromatic nitrogens is 2. The van der Waals surface area contributed by atoms with Gasteiger partial charge >= 0.3 is 0 Å². The molecule has 0 saturated carbocycles. The SMILES string of the molecule is COc1cc(NC(=O)c2ccccn2)c2ncccc2c1.